The van der Waals surface area contributed by atoms with E-state index in [1.807, 2.05) is 4.90 Å². The fraction of sp³-hybridized carbons (Fsp3) is 0.692. The number of halogens is 9. The van der Waals surface area contributed by atoms with E-state index in [9.17, 15) is 54.2 Å². The quantitative estimate of drug-likeness (QED) is 0.396. The van der Waals surface area contributed by atoms with Gasteiger partial charge in [0.2, 0.25) is 0 Å². The highest BCUT2D eigenvalue weighted by atomic mass is 19.4. The van der Waals surface area contributed by atoms with Crippen LogP contribution in [-0.2, 0) is 22.3 Å². The van der Waals surface area contributed by atoms with E-state index in [1.165, 1.54) is 11.0 Å². The molecule has 1 unspecified atom stereocenters. The van der Waals surface area contributed by atoms with Gasteiger partial charge in [0.1, 0.15) is 6.04 Å². The molecule has 1 spiro atoms. The van der Waals surface area contributed by atoms with Crippen LogP contribution in [0.4, 0.5) is 50.0 Å². The van der Waals surface area contributed by atoms with Gasteiger partial charge in [-0.1, -0.05) is 0 Å². The molecule has 1 aromatic carbocycles. The first-order valence-corrected chi connectivity index (χ1v) is 13.5. The van der Waals surface area contributed by atoms with Gasteiger partial charge in [-0.25, -0.2) is 9.59 Å². The first-order valence-electron chi connectivity index (χ1n) is 13.5. The molecule has 3 aliphatic rings. The summed E-state index contributed by atoms with van der Waals surface area (Å²) in [5.74, 6) is -1.13. The highest BCUT2D eigenvalue weighted by Crippen LogP contribution is 2.42. The molecule has 0 radical (unpaired) electrons. The number of carbonyl (C=O) groups excluding carboxylic acids is 1. The van der Waals surface area contributed by atoms with Gasteiger partial charge >= 0.3 is 30.6 Å². The van der Waals surface area contributed by atoms with Gasteiger partial charge in [-0.2, -0.15) is 39.5 Å². The smallest absolute Gasteiger partial charge is 0.434 e. The van der Waals surface area contributed by atoms with Crippen LogP contribution in [0.5, 0.6) is 0 Å². The highest BCUT2D eigenvalue weighted by molar-refractivity contribution is 5.78. The second-order valence-corrected chi connectivity index (χ2v) is 11.0. The zero-order valence-corrected chi connectivity index (χ0v) is 22.3. The van der Waals surface area contributed by atoms with E-state index in [0.717, 1.165) is 17.0 Å². The molecule has 3 saturated heterocycles. The Kier molecular flexibility index (Phi) is 8.87. The van der Waals surface area contributed by atoms with E-state index >= 15 is 0 Å². The van der Waals surface area contributed by atoms with E-state index in [4.69, 9.17) is 0 Å². The fourth-order valence-corrected chi connectivity index (χ4v) is 6.22. The van der Waals surface area contributed by atoms with Crippen molar-refractivity contribution in [3.05, 3.63) is 29.3 Å². The number of rotatable bonds is 5. The third kappa shape index (κ3) is 7.00. The molecular formula is C26H30F9N3O4. The van der Waals surface area contributed by atoms with Gasteiger partial charge in [-0.05, 0) is 75.3 Å². The molecule has 0 aliphatic carbocycles. The third-order valence-corrected chi connectivity index (χ3v) is 8.30. The minimum atomic E-state index is -5.84. The van der Waals surface area contributed by atoms with Gasteiger partial charge in [-0.3, -0.25) is 4.90 Å². The molecule has 0 aromatic heterocycles. The van der Waals surface area contributed by atoms with Gasteiger partial charge in [0.05, 0.1) is 5.56 Å². The molecule has 1 N–H and O–H groups in total. The number of piperidine rings is 2. The maximum absolute atomic E-state index is 13.9. The second-order valence-electron chi connectivity index (χ2n) is 11.0. The number of likely N-dealkylation sites (tertiary alicyclic amines) is 2. The molecule has 1 aromatic rings. The molecule has 7 nitrogen and oxygen atoms in total. The predicted molar refractivity (Wildman–Crippen MR) is 130 cm³/mol. The average Bonchev–Trinajstić information content (AvgIpc) is 3.26. The monoisotopic (exact) mass is 619 g/mol. The summed E-state index contributed by atoms with van der Waals surface area (Å²) in [7, 11) is 0. The predicted octanol–water partition coefficient (Wildman–Crippen LogP) is 6.21. The molecule has 0 saturated carbocycles. The van der Waals surface area contributed by atoms with Gasteiger partial charge in [-0.15, -0.1) is 0 Å². The van der Waals surface area contributed by atoms with Crippen LogP contribution in [0.15, 0.2) is 18.2 Å². The van der Waals surface area contributed by atoms with Crippen molar-refractivity contribution in [2.75, 3.05) is 31.1 Å². The van der Waals surface area contributed by atoms with Crippen LogP contribution in [0.3, 0.4) is 0 Å². The first-order chi connectivity index (χ1) is 19.4. The lowest BCUT2D eigenvalue weighted by Crippen LogP contribution is -2.54. The summed E-state index contributed by atoms with van der Waals surface area (Å²) in [6.45, 7) is 0.416. The van der Waals surface area contributed by atoms with Gasteiger partial charge in [0.25, 0.3) is 6.10 Å². The molecule has 3 heterocycles. The average molecular weight is 620 g/mol. The Balaban J connectivity index is 1.50. The van der Waals surface area contributed by atoms with E-state index < -0.39 is 53.8 Å². The topological polar surface area (TPSA) is 73.3 Å². The number of amides is 1. The molecule has 16 heteroatoms. The normalized spacial score (nSPS) is 22.2. The van der Waals surface area contributed by atoms with Crippen molar-refractivity contribution in [2.24, 2.45) is 0 Å². The van der Waals surface area contributed by atoms with Gasteiger partial charge < -0.3 is 19.6 Å². The van der Waals surface area contributed by atoms with Crippen LogP contribution in [0.25, 0.3) is 0 Å². The van der Waals surface area contributed by atoms with E-state index in [1.54, 1.807) is 0 Å². The Morgan fingerprint density at radius 2 is 1.52 bits per heavy atom. The Hall–Kier alpha value is -2.91. The number of nitrogens with zero attached hydrogens (tertiary/aromatic N) is 3. The first kappa shape index (κ1) is 32.0. The Labute approximate surface area is 235 Å². The van der Waals surface area contributed by atoms with Crippen LogP contribution in [0.1, 0.15) is 56.1 Å². The molecule has 1 atom stereocenters. The number of aliphatic carboxylic acids is 1. The SMILES string of the molecule is O=C(O)C1CCCCN1c1cc(CN2CCCC23CCN(C(=O)OC(C(F)(F)F)C(F)(F)F)CC3)cc(C(F)(F)F)c1. The van der Waals surface area contributed by atoms with E-state index in [0.29, 0.717) is 38.6 Å². The molecule has 236 valence electrons. The molecule has 0 bridgehead atoms. The summed E-state index contributed by atoms with van der Waals surface area (Å²) in [6, 6.07) is 2.50. The largest absolute Gasteiger partial charge is 0.480 e. The summed E-state index contributed by atoms with van der Waals surface area (Å²) in [5, 5.41) is 9.63. The second kappa shape index (κ2) is 11.6. The van der Waals surface area contributed by atoms with Gasteiger partial charge in [0, 0.05) is 37.4 Å². The zero-order valence-electron chi connectivity index (χ0n) is 22.3. The number of hydrogen-bond acceptors (Lipinski definition) is 5. The maximum Gasteiger partial charge on any atom is 0.434 e. The summed E-state index contributed by atoms with van der Waals surface area (Å²) in [5.41, 5.74) is -1.13. The van der Waals surface area contributed by atoms with Crippen molar-refractivity contribution < 1.29 is 58.9 Å². The molecule has 1 amide bonds. The number of carboxylic acids is 1. The van der Waals surface area contributed by atoms with Crippen LogP contribution < -0.4 is 4.90 Å². The zero-order chi connectivity index (χ0) is 31.1. The Morgan fingerprint density at radius 3 is 2.10 bits per heavy atom. The number of carboxylic acid groups (broad SMARTS) is 1. The summed E-state index contributed by atoms with van der Waals surface area (Å²) in [6.07, 6.45) is -19.3. The number of benzene rings is 1. The fourth-order valence-electron chi connectivity index (χ4n) is 6.22. The summed E-state index contributed by atoms with van der Waals surface area (Å²) < 4.78 is 122. The molecule has 3 aliphatic heterocycles. The van der Waals surface area contributed by atoms with Gasteiger partial charge in [0.15, 0.2) is 0 Å². The number of hydrogen-bond donors (Lipinski definition) is 1. The standard InChI is InChI=1S/C26H30F9N3O4/c27-24(28,29)17-12-16(13-18(14-17)38-9-2-1-4-19(38)20(39)40)15-37-8-3-5-23(37)6-10-36(11-7-23)22(41)42-21(25(30,31)32)26(33,34)35/h12-14,19,21H,1-11,15H2,(H,39,40). The van der Waals surface area contributed by atoms with Crippen LogP contribution in [0, 0.1) is 0 Å². The highest BCUT2D eigenvalue weighted by Gasteiger charge is 2.60. The Bertz CT molecular complexity index is 1130. The lowest BCUT2D eigenvalue weighted by Gasteiger charge is -2.45. The molecule has 42 heavy (non-hydrogen) atoms. The molecular weight excluding hydrogens is 589 g/mol. The minimum absolute atomic E-state index is 0.0527. The van der Waals surface area contributed by atoms with Crippen LogP contribution in [-0.4, -0.2) is 83.2 Å². The van der Waals surface area contributed by atoms with Crippen LogP contribution in [0.2, 0.25) is 0 Å². The minimum Gasteiger partial charge on any atom is -0.480 e. The molecule has 4 rings (SSSR count). The number of ether oxygens (including phenoxy) is 1. The van der Waals surface area contributed by atoms with Crippen molar-refractivity contribution in [2.45, 2.75) is 87.7 Å². The lowest BCUT2D eigenvalue weighted by atomic mass is 9.84. The van der Waals surface area contributed by atoms with Crippen molar-refractivity contribution in [3.63, 3.8) is 0 Å². The summed E-state index contributed by atoms with van der Waals surface area (Å²) >= 11 is 0. The number of carbonyl (C=O) groups is 2. The third-order valence-electron chi connectivity index (χ3n) is 8.30. The van der Waals surface area contributed by atoms with Crippen LogP contribution >= 0.6 is 0 Å². The number of alkyl halides is 9. The van der Waals surface area contributed by atoms with Crippen molar-refractivity contribution in [3.8, 4) is 0 Å². The van der Waals surface area contributed by atoms with E-state index in [2.05, 4.69) is 4.74 Å². The maximum atomic E-state index is 13.9. The molecule has 3 fully saturated rings. The Morgan fingerprint density at radius 1 is 0.881 bits per heavy atom. The van der Waals surface area contributed by atoms with Crippen molar-refractivity contribution in [1.82, 2.24) is 9.80 Å². The number of anilines is 1. The van der Waals surface area contributed by atoms with Crippen molar-refractivity contribution >= 4 is 17.7 Å². The lowest BCUT2D eigenvalue weighted by molar-refractivity contribution is -0.308. The van der Waals surface area contributed by atoms with E-state index in [-0.39, 0.29) is 50.3 Å². The van der Waals surface area contributed by atoms with Crippen molar-refractivity contribution in [1.29, 1.82) is 0 Å². The summed E-state index contributed by atoms with van der Waals surface area (Å²) in [4.78, 5) is 28.2.